The van der Waals surface area contributed by atoms with Gasteiger partial charge in [0.2, 0.25) is 11.8 Å². The molecule has 0 saturated heterocycles. The third-order valence-corrected chi connectivity index (χ3v) is 8.71. The first-order valence-corrected chi connectivity index (χ1v) is 13.4. The van der Waals surface area contributed by atoms with Crippen LogP contribution in [0.5, 0.6) is 5.75 Å². The summed E-state index contributed by atoms with van der Waals surface area (Å²) in [5, 5.41) is 6.31. The molecule has 0 radical (unpaired) electrons. The molecule has 34 heavy (non-hydrogen) atoms. The summed E-state index contributed by atoms with van der Waals surface area (Å²) in [6, 6.07) is 17.5. The maximum atomic E-state index is 13.3. The summed E-state index contributed by atoms with van der Waals surface area (Å²) < 4.78 is 5.87. The van der Waals surface area contributed by atoms with E-state index < -0.39 is 6.04 Å². The van der Waals surface area contributed by atoms with Crippen LogP contribution in [0.4, 0.5) is 0 Å². The number of ether oxygens (including phenoxy) is 1. The van der Waals surface area contributed by atoms with Crippen LogP contribution in [-0.2, 0) is 16.2 Å². The van der Waals surface area contributed by atoms with Crippen molar-refractivity contribution in [1.82, 2.24) is 10.6 Å². The molecule has 4 bridgehead atoms. The predicted octanol–water partition coefficient (Wildman–Crippen LogP) is 4.95. The molecule has 6 heteroatoms. The lowest BCUT2D eigenvalue weighted by Gasteiger charge is -2.57. The lowest BCUT2D eigenvalue weighted by molar-refractivity contribution is -0.131. The summed E-state index contributed by atoms with van der Waals surface area (Å²) in [6.07, 6.45) is 7.33. The molecule has 4 fully saturated rings. The van der Waals surface area contributed by atoms with Gasteiger partial charge in [0.05, 0.1) is 0 Å². The number of rotatable bonds is 9. The Labute approximate surface area is 206 Å². The topological polar surface area (TPSA) is 67.4 Å². The van der Waals surface area contributed by atoms with Crippen LogP contribution in [-0.4, -0.2) is 29.1 Å². The highest BCUT2D eigenvalue weighted by Crippen LogP contribution is 2.55. The van der Waals surface area contributed by atoms with Gasteiger partial charge in [-0.2, -0.15) is 0 Å². The Kier molecular flexibility index (Phi) is 6.87. The van der Waals surface area contributed by atoms with Gasteiger partial charge in [-0.05, 0) is 86.1 Å². The fraction of sp³-hybridized carbons (Fsp3) is 0.500. The summed E-state index contributed by atoms with van der Waals surface area (Å²) in [5.41, 5.74) is 1.08. The first-order valence-electron chi connectivity index (χ1n) is 12.4. The van der Waals surface area contributed by atoms with E-state index in [1.165, 1.54) is 26.2 Å². The Bertz CT molecular complexity index is 973. The van der Waals surface area contributed by atoms with Gasteiger partial charge in [-0.25, -0.2) is 0 Å². The molecule has 0 heterocycles. The van der Waals surface area contributed by atoms with E-state index in [0.717, 1.165) is 53.2 Å². The van der Waals surface area contributed by atoms with Crippen molar-refractivity contribution < 1.29 is 14.3 Å². The van der Waals surface area contributed by atoms with Gasteiger partial charge in [0, 0.05) is 23.1 Å². The summed E-state index contributed by atoms with van der Waals surface area (Å²) in [7, 11) is 0. The van der Waals surface area contributed by atoms with E-state index in [9.17, 15) is 9.59 Å². The van der Waals surface area contributed by atoms with Crippen LogP contribution in [0.1, 0.15) is 51.0 Å². The third kappa shape index (κ3) is 5.60. The molecule has 0 aliphatic heterocycles. The summed E-state index contributed by atoms with van der Waals surface area (Å²) in [4.78, 5) is 26.2. The first kappa shape index (κ1) is 23.3. The van der Waals surface area contributed by atoms with Crippen molar-refractivity contribution in [2.45, 2.75) is 68.5 Å². The normalized spacial score (nSPS) is 27.7. The van der Waals surface area contributed by atoms with Crippen molar-refractivity contribution in [3.63, 3.8) is 0 Å². The molecule has 4 aliphatic carbocycles. The van der Waals surface area contributed by atoms with Gasteiger partial charge in [-0.15, -0.1) is 11.8 Å². The van der Waals surface area contributed by atoms with Crippen LogP contribution < -0.4 is 15.4 Å². The molecule has 6 rings (SSSR count). The van der Waals surface area contributed by atoms with Crippen molar-refractivity contribution in [1.29, 1.82) is 0 Å². The van der Waals surface area contributed by atoms with E-state index in [1.54, 1.807) is 11.8 Å². The molecule has 2 aromatic carbocycles. The van der Waals surface area contributed by atoms with Crippen molar-refractivity contribution in [2.75, 3.05) is 5.75 Å². The quantitative estimate of drug-likeness (QED) is 0.501. The number of benzene rings is 2. The Morgan fingerprint density at radius 3 is 2.18 bits per heavy atom. The Hall–Kier alpha value is -2.47. The molecule has 0 aromatic heterocycles. The van der Waals surface area contributed by atoms with Gasteiger partial charge >= 0.3 is 0 Å². The molecule has 2 N–H and O–H groups in total. The van der Waals surface area contributed by atoms with E-state index in [-0.39, 0.29) is 17.4 Å². The standard InChI is InChI=1S/C28H34N2O3S/c1-19(31)29-26(27(32)30-28-14-21-11-22(15-28)13-23(12-21)16-28)18-34-25-9-7-24(8-10-25)33-17-20-5-3-2-4-6-20/h2-10,21-23,26H,11-18H2,1H3,(H,29,31)(H,30,32). The van der Waals surface area contributed by atoms with Crippen LogP contribution in [0, 0.1) is 17.8 Å². The monoisotopic (exact) mass is 478 g/mol. The van der Waals surface area contributed by atoms with Crippen LogP contribution in [0.3, 0.4) is 0 Å². The van der Waals surface area contributed by atoms with Gasteiger partial charge in [0.25, 0.3) is 0 Å². The number of thioether (sulfide) groups is 1. The molecule has 180 valence electrons. The largest absolute Gasteiger partial charge is 0.489 e. The molecular weight excluding hydrogens is 444 g/mol. The van der Waals surface area contributed by atoms with Crippen molar-refractivity contribution in [2.24, 2.45) is 17.8 Å². The lowest BCUT2D eigenvalue weighted by Crippen LogP contribution is -2.63. The van der Waals surface area contributed by atoms with E-state index in [2.05, 4.69) is 10.6 Å². The van der Waals surface area contributed by atoms with Gasteiger partial charge in [-0.1, -0.05) is 30.3 Å². The van der Waals surface area contributed by atoms with E-state index in [1.807, 2.05) is 54.6 Å². The molecule has 1 unspecified atom stereocenters. The number of nitrogens with one attached hydrogen (secondary N) is 2. The zero-order chi connectivity index (χ0) is 23.5. The molecule has 4 aliphatic rings. The molecular formula is C28H34N2O3S. The smallest absolute Gasteiger partial charge is 0.243 e. The van der Waals surface area contributed by atoms with Crippen LogP contribution in [0.15, 0.2) is 59.5 Å². The van der Waals surface area contributed by atoms with Crippen molar-refractivity contribution >= 4 is 23.6 Å². The second kappa shape index (κ2) is 10.0. The third-order valence-electron chi connectivity index (χ3n) is 7.61. The van der Waals surface area contributed by atoms with Gasteiger partial charge in [0.15, 0.2) is 0 Å². The molecule has 1 atom stereocenters. The number of amides is 2. The first-order chi connectivity index (χ1) is 16.5. The highest BCUT2D eigenvalue weighted by Gasteiger charge is 2.51. The second-order valence-electron chi connectivity index (χ2n) is 10.5. The number of hydrogen-bond donors (Lipinski definition) is 2. The SMILES string of the molecule is CC(=O)NC(CSc1ccc(OCc2ccccc2)cc1)C(=O)NC12CC3CC(CC(C3)C1)C2. The minimum Gasteiger partial charge on any atom is -0.489 e. The maximum absolute atomic E-state index is 13.3. The van der Waals surface area contributed by atoms with Crippen molar-refractivity contribution in [3.8, 4) is 5.75 Å². The Morgan fingerprint density at radius 1 is 0.971 bits per heavy atom. The summed E-state index contributed by atoms with van der Waals surface area (Å²) in [6.45, 7) is 2.01. The molecule has 0 spiro atoms. The second-order valence-corrected chi connectivity index (χ2v) is 11.6. The van der Waals surface area contributed by atoms with Crippen LogP contribution in [0.2, 0.25) is 0 Å². The number of hydrogen-bond acceptors (Lipinski definition) is 4. The van der Waals surface area contributed by atoms with Crippen LogP contribution in [0.25, 0.3) is 0 Å². The number of carbonyl (C=O) groups is 2. The Morgan fingerprint density at radius 2 is 1.59 bits per heavy atom. The average molecular weight is 479 g/mol. The van der Waals surface area contributed by atoms with Gasteiger partial charge in [0.1, 0.15) is 18.4 Å². The van der Waals surface area contributed by atoms with E-state index in [0.29, 0.717) is 12.4 Å². The minimum absolute atomic E-state index is 0.0348. The molecule has 4 saturated carbocycles. The average Bonchev–Trinajstić information content (AvgIpc) is 2.80. The minimum atomic E-state index is -0.537. The lowest BCUT2D eigenvalue weighted by atomic mass is 9.53. The van der Waals surface area contributed by atoms with Gasteiger partial charge in [-0.3, -0.25) is 9.59 Å². The van der Waals surface area contributed by atoms with E-state index >= 15 is 0 Å². The fourth-order valence-corrected chi connectivity index (χ4v) is 7.52. The number of carbonyl (C=O) groups excluding carboxylic acids is 2. The highest BCUT2D eigenvalue weighted by molar-refractivity contribution is 7.99. The van der Waals surface area contributed by atoms with Gasteiger partial charge < -0.3 is 15.4 Å². The van der Waals surface area contributed by atoms with E-state index in [4.69, 9.17) is 4.74 Å². The maximum Gasteiger partial charge on any atom is 0.243 e. The zero-order valence-corrected chi connectivity index (χ0v) is 20.6. The Balaban J connectivity index is 1.16. The predicted molar refractivity (Wildman–Crippen MR) is 135 cm³/mol. The summed E-state index contributed by atoms with van der Waals surface area (Å²) >= 11 is 1.58. The molecule has 2 amide bonds. The summed E-state index contributed by atoms with van der Waals surface area (Å²) in [5.74, 6) is 3.41. The fourth-order valence-electron chi connectivity index (χ4n) is 6.59. The zero-order valence-electron chi connectivity index (χ0n) is 19.8. The van der Waals surface area contributed by atoms with Crippen molar-refractivity contribution in [3.05, 3.63) is 60.2 Å². The van der Waals surface area contributed by atoms with Crippen LogP contribution >= 0.6 is 11.8 Å². The molecule has 2 aromatic rings. The highest BCUT2D eigenvalue weighted by atomic mass is 32.2. The molecule has 5 nitrogen and oxygen atoms in total.